The number of benzene rings is 1. The van der Waals surface area contributed by atoms with E-state index in [1.165, 1.54) is 6.26 Å². The molecular weight excluding hydrogens is 350 g/mol. The molecule has 0 spiro atoms. The van der Waals surface area contributed by atoms with Gasteiger partial charge >= 0.3 is 0 Å². The lowest BCUT2D eigenvalue weighted by Crippen LogP contribution is -2.40. The number of sulfonamides is 1. The first-order valence-corrected chi connectivity index (χ1v) is 9.68. The Morgan fingerprint density at radius 2 is 1.92 bits per heavy atom. The lowest BCUT2D eigenvalue weighted by molar-refractivity contribution is 0.147. The Hall–Kier alpha value is -1.77. The van der Waals surface area contributed by atoms with Gasteiger partial charge in [0.15, 0.2) is 0 Å². The Bertz CT molecular complexity index is 803. The molecule has 1 aromatic heterocycles. The molecule has 136 valence electrons. The zero-order chi connectivity index (χ0) is 17.9. The highest BCUT2D eigenvalue weighted by atomic mass is 32.2. The number of nitrogens with one attached hydrogen (secondary N) is 1. The van der Waals surface area contributed by atoms with Gasteiger partial charge in [-0.2, -0.15) is 0 Å². The molecular formula is C17H20F2N2O3S. The molecule has 1 aliphatic rings. The van der Waals surface area contributed by atoms with E-state index in [0.29, 0.717) is 11.8 Å². The predicted octanol–water partition coefficient (Wildman–Crippen LogP) is 3.06. The SMILES string of the molecule is O=S(=O)(NCC(c1ccco1)N1CCCCC1)c1cc(F)ccc1F. The molecule has 1 N–H and O–H groups in total. The number of nitrogens with zero attached hydrogens (tertiary/aromatic N) is 1. The molecule has 2 aromatic rings. The fourth-order valence-corrected chi connectivity index (χ4v) is 4.20. The third-order valence-electron chi connectivity index (χ3n) is 4.35. The minimum absolute atomic E-state index is 0.0196. The molecule has 1 fully saturated rings. The van der Waals surface area contributed by atoms with Crippen LogP contribution < -0.4 is 4.72 Å². The van der Waals surface area contributed by atoms with Crippen LogP contribution in [-0.4, -0.2) is 33.0 Å². The van der Waals surface area contributed by atoms with Crippen molar-refractivity contribution in [3.63, 3.8) is 0 Å². The lowest BCUT2D eigenvalue weighted by Gasteiger charge is -2.33. The van der Waals surface area contributed by atoms with Crippen molar-refractivity contribution in [1.82, 2.24) is 9.62 Å². The van der Waals surface area contributed by atoms with Crippen LogP contribution in [0.4, 0.5) is 8.78 Å². The Balaban J connectivity index is 1.79. The van der Waals surface area contributed by atoms with E-state index in [-0.39, 0.29) is 12.6 Å². The first-order chi connectivity index (χ1) is 12.0. The Kier molecular flexibility index (Phi) is 5.51. The van der Waals surface area contributed by atoms with E-state index in [9.17, 15) is 17.2 Å². The van der Waals surface area contributed by atoms with E-state index < -0.39 is 26.6 Å². The number of hydrogen-bond donors (Lipinski definition) is 1. The highest BCUT2D eigenvalue weighted by Gasteiger charge is 2.27. The fraction of sp³-hybridized carbons (Fsp3) is 0.412. The molecule has 1 atom stereocenters. The molecule has 5 nitrogen and oxygen atoms in total. The van der Waals surface area contributed by atoms with Crippen LogP contribution in [0.5, 0.6) is 0 Å². The average Bonchev–Trinajstić information content (AvgIpc) is 3.12. The highest BCUT2D eigenvalue weighted by Crippen LogP contribution is 2.25. The second-order valence-electron chi connectivity index (χ2n) is 6.05. The summed E-state index contributed by atoms with van der Waals surface area (Å²) in [5, 5.41) is 0. The monoisotopic (exact) mass is 370 g/mol. The highest BCUT2D eigenvalue weighted by molar-refractivity contribution is 7.89. The van der Waals surface area contributed by atoms with Crippen molar-refractivity contribution >= 4 is 10.0 Å². The zero-order valence-electron chi connectivity index (χ0n) is 13.6. The quantitative estimate of drug-likeness (QED) is 0.849. The summed E-state index contributed by atoms with van der Waals surface area (Å²) < 4.78 is 59.7. The van der Waals surface area contributed by atoms with Gasteiger partial charge in [0.2, 0.25) is 10.0 Å². The summed E-state index contributed by atoms with van der Waals surface area (Å²) in [7, 11) is -4.17. The number of rotatable bonds is 6. The third kappa shape index (κ3) is 4.26. The van der Waals surface area contributed by atoms with Gasteiger partial charge in [-0.1, -0.05) is 6.42 Å². The van der Waals surface area contributed by atoms with E-state index in [0.717, 1.165) is 44.5 Å². The largest absolute Gasteiger partial charge is 0.468 e. The van der Waals surface area contributed by atoms with Gasteiger partial charge < -0.3 is 4.42 Å². The standard InChI is InChI=1S/C17H20F2N2O3S/c18-13-6-7-14(19)17(11-13)25(22,23)20-12-15(16-5-4-10-24-16)21-8-2-1-3-9-21/h4-7,10-11,15,20H,1-3,8-9,12H2. The van der Waals surface area contributed by atoms with Crippen LogP contribution in [0.15, 0.2) is 45.9 Å². The molecule has 0 bridgehead atoms. The molecule has 3 rings (SSSR count). The predicted molar refractivity (Wildman–Crippen MR) is 88.4 cm³/mol. The molecule has 0 amide bonds. The molecule has 25 heavy (non-hydrogen) atoms. The second kappa shape index (κ2) is 7.63. The zero-order valence-corrected chi connectivity index (χ0v) is 14.4. The maximum Gasteiger partial charge on any atom is 0.243 e. The van der Waals surface area contributed by atoms with Crippen LogP contribution >= 0.6 is 0 Å². The number of hydrogen-bond acceptors (Lipinski definition) is 4. The Morgan fingerprint density at radius 3 is 2.60 bits per heavy atom. The summed E-state index contributed by atoms with van der Waals surface area (Å²) in [6.07, 6.45) is 4.74. The topological polar surface area (TPSA) is 62.6 Å². The van der Waals surface area contributed by atoms with Crippen molar-refractivity contribution in [3.8, 4) is 0 Å². The van der Waals surface area contributed by atoms with Crippen LogP contribution in [0.1, 0.15) is 31.1 Å². The van der Waals surface area contributed by atoms with Crippen molar-refractivity contribution in [1.29, 1.82) is 0 Å². The van der Waals surface area contributed by atoms with Crippen molar-refractivity contribution < 1.29 is 21.6 Å². The number of furan rings is 1. The third-order valence-corrected chi connectivity index (χ3v) is 5.79. The van der Waals surface area contributed by atoms with Crippen molar-refractivity contribution in [2.45, 2.75) is 30.2 Å². The van der Waals surface area contributed by atoms with Gasteiger partial charge in [0, 0.05) is 6.54 Å². The van der Waals surface area contributed by atoms with Gasteiger partial charge in [-0.15, -0.1) is 0 Å². The minimum atomic E-state index is -4.17. The lowest BCUT2D eigenvalue weighted by atomic mass is 10.1. The summed E-state index contributed by atoms with van der Waals surface area (Å²) in [6.45, 7) is 1.69. The summed E-state index contributed by atoms with van der Waals surface area (Å²) in [5.41, 5.74) is 0. The average molecular weight is 370 g/mol. The molecule has 1 aromatic carbocycles. The van der Waals surface area contributed by atoms with Crippen molar-refractivity contribution in [2.75, 3.05) is 19.6 Å². The van der Waals surface area contributed by atoms with Gasteiger partial charge in [0.1, 0.15) is 22.3 Å². The van der Waals surface area contributed by atoms with Crippen molar-refractivity contribution in [2.24, 2.45) is 0 Å². The number of likely N-dealkylation sites (tertiary alicyclic amines) is 1. The van der Waals surface area contributed by atoms with E-state index in [2.05, 4.69) is 9.62 Å². The maximum atomic E-state index is 13.8. The molecule has 0 saturated carbocycles. The number of halogens is 2. The first-order valence-electron chi connectivity index (χ1n) is 8.19. The molecule has 8 heteroatoms. The van der Waals surface area contributed by atoms with Crippen LogP contribution in [0.3, 0.4) is 0 Å². The van der Waals surface area contributed by atoms with E-state index in [4.69, 9.17) is 4.42 Å². The second-order valence-corrected chi connectivity index (χ2v) is 7.79. The molecule has 0 aliphatic carbocycles. The van der Waals surface area contributed by atoms with E-state index in [1.807, 2.05) is 0 Å². The minimum Gasteiger partial charge on any atom is -0.468 e. The smallest absolute Gasteiger partial charge is 0.243 e. The Morgan fingerprint density at radius 1 is 1.16 bits per heavy atom. The summed E-state index contributed by atoms with van der Waals surface area (Å²) >= 11 is 0. The van der Waals surface area contributed by atoms with E-state index >= 15 is 0 Å². The van der Waals surface area contributed by atoms with Crippen LogP contribution in [0.25, 0.3) is 0 Å². The van der Waals surface area contributed by atoms with Crippen LogP contribution in [-0.2, 0) is 10.0 Å². The summed E-state index contributed by atoms with van der Waals surface area (Å²) in [6, 6.07) is 5.61. The van der Waals surface area contributed by atoms with Gasteiger partial charge in [0.25, 0.3) is 0 Å². The van der Waals surface area contributed by atoms with Crippen LogP contribution in [0, 0.1) is 11.6 Å². The van der Waals surface area contributed by atoms with Gasteiger partial charge in [-0.3, -0.25) is 4.90 Å². The Labute approximate surface area is 145 Å². The van der Waals surface area contributed by atoms with Gasteiger partial charge in [-0.25, -0.2) is 21.9 Å². The molecule has 0 radical (unpaired) electrons. The van der Waals surface area contributed by atoms with E-state index in [1.54, 1.807) is 12.1 Å². The summed E-state index contributed by atoms with van der Waals surface area (Å²) in [4.78, 5) is 1.46. The van der Waals surface area contributed by atoms with Gasteiger partial charge in [0.05, 0.1) is 12.3 Å². The fourth-order valence-electron chi connectivity index (χ4n) is 3.07. The normalized spacial score (nSPS) is 17.5. The van der Waals surface area contributed by atoms with Crippen LogP contribution in [0.2, 0.25) is 0 Å². The number of piperidine rings is 1. The van der Waals surface area contributed by atoms with Gasteiger partial charge in [-0.05, 0) is 56.3 Å². The van der Waals surface area contributed by atoms with Crippen molar-refractivity contribution in [3.05, 3.63) is 54.0 Å². The first kappa shape index (κ1) is 18.0. The molecule has 2 heterocycles. The maximum absolute atomic E-state index is 13.8. The molecule has 1 saturated heterocycles. The molecule has 1 aliphatic heterocycles. The molecule has 1 unspecified atom stereocenters. The summed E-state index contributed by atoms with van der Waals surface area (Å²) in [5.74, 6) is -1.15.